The van der Waals surface area contributed by atoms with Crippen molar-refractivity contribution < 1.29 is 19.1 Å². The molecular weight excluding hydrogens is 430 g/mol. The molecule has 0 radical (unpaired) electrons. The van der Waals surface area contributed by atoms with E-state index in [1.807, 2.05) is 54.6 Å². The fraction of sp³-hybridized carbons (Fsp3) is 0.259. The first-order chi connectivity index (χ1) is 16.6. The zero-order valence-electron chi connectivity index (χ0n) is 19.2. The smallest absolute Gasteiger partial charge is 0.258 e. The molecule has 1 atom stereocenters. The molecule has 0 saturated carbocycles. The summed E-state index contributed by atoms with van der Waals surface area (Å²) in [6.45, 7) is 1.36. The number of hydrogen-bond acceptors (Lipinski definition) is 5. The highest BCUT2D eigenvalue weighted by Gasteiger charge is 2.16. The minimum absolute atomic E-state index is 0.0627. The molecule has 1 heterocycles. The van der Waals surface area contributed by atoms with Gasteiger partial charge < -0.3 is 25.0 Å². The molecular formula is C27H29N3O4. The Morgan fingerprint density at radius 3 is 2.59 bits per heavy atom. The number of carbonyl (C=O) groups excluding carboxylic acids is 2. The number of ether oxygens (including phenoxy) is 2. The van der Waals surface area contributed by atoms with Crippen LogP contribution in [0.15, 0.2) is 78.9 Å². The number of carbonyl (C=O) groups is 2. The van der Waals surface area contributed by atoms with Crippen LogP contribution in [0.25, 0.3) is 0 Å². The molecule has 2 amide bonds. The molecule has 1 aliphatic rings. The maximum atomic E-state index is 12.8. The molecule has 1 aliphatic heterocycles. The highest BCUT2D eigenvalue weighted by Crippen LogP contribution is 2.20. The Bertz CT molecular complexity index is 1110. The molecule has 7 nitrogen and oxygen atoms in total. The molecule has 1 saturated heterocycles. The number of nitrogens with zero attached hydrogens (tertiary/aromatic N) is 1. The second kappa shape index (κ2) is 11.3. The summed E-state index contributed by atoms with van der Waals surface area (Å²) < 4.78 is 11.4. The van der Waals surface area contributed by atoms with E-state index in [2.05, 4.69) is 10.6 Å². The Hall–Kier alpha value is -3.84. The van der Waals surface area contributed by atoms with Gasteiger partial charge in [-0.25, -0.2) is 0 Å². The lowest BCUT2D eigenvalue weighted by molar-refractivity contribution is -0.114. The maximum absolute atomic E-state index is 12.8. The van der Waals surface area contributed by atoms with Crippen LogP contribution < -0.4 is 20.3 Å². The maximum Gasteiger partial charge on any atom is 0.258 e. The van der Waals surface area contributed by atoms with Crippen LogP contribution >= 0.6 is 0 Å². The standard InChI is InChI=1S/C27H29N3O4/c1-30(23-11-3-2-4-12-23)27(32)20-8-5-9-21(16-20)28-18-26(31)29-22-10-6-13-24(17-22)34-19-25-14-7-15-33-25/h2-6,8-13,16-17,25,28H,7,14-15,18-19H2,1H3,(H,29,31). The van der Waals surface area contributed by atoms with E-state index in [0.717, 1.165) is 25.1 Å². The van der Waals surface area contributed by atoms with E-state index in [-0.39, 0.29) is 24.5 Å². The number of rotatable bonds is 9. The van der Waals surface area contributed by atoms with E-state index in [0.29, 0.717) is 29.3 Å². The minimum atomic E-state index is -0.200. The molecule has 0 bridgehead atoms. The van der Waals surface area contributed by atoms with E-state index in [9.17, 15) is 9.59 Å². The van der Waals surface area contributed by atoms with E-state index in [1.165, 1.54) is 0 Å². The number of anilines is 3. The largest absolute Gasteiger partial charge is 0.491 e. The van der Waals surface area contributed by atoms with Gasteiger partial charge in [-0.2, -0.15) is 0 Å². The normalized spacial score (nSPS) is 14.9. The van der Waals surface area contributed by atoms with Crippen LogP contribution in [0.1, 0.15) is 23.2 Å². The average Bonchev–Trinajstić information content (AvgIpc) is 3.40. The number of nitrogens with one attached hydrogen (secondary N) is 2. The summed E-state index contributed by atoms with van der Waals surface area (Å²) in [5.74, 6) is 0.364. The number of para-hydroxylation sites is 1. The molecule has 2 N–H and O–H groups in total. The van der Waals surface area contributed by atoms with Gasteiger partial charge in [0.05, 0.1) is 12.6 Å². The molecule has 176 valence electrons. The Balaban J connectivity index is 1.29. The lowest BCUT2D eigenvalue weighted by Crippen LogP contribution is -2.26. The van der Waals surface area contributed by atoms with Crippen LogP contribution in [0.3, 0.4) is 0 Å². The second-order valence-corrected chi connectivity index (χ2v) is 8.16. The zero-order chi connectivity index (χ0) is 23.8. The van der Waals surface area contributed by atoms with Gasteiger partial charge in [0.25, 0.3) is 5.91 Å². The predicted molar refractivity (Wildman–Crippen MR) is 134 cm³/mol. The monoisotopic (exact) mass is 459 g/mol. The first kappa shape index (κ1) is 23.3. The van der Waals surface area contributed by atoms with Crippen LogP contribution in [0.2, 0.25) is 0 Å². The van der Waals surface area contributed by atoms with E-state index < -0.39 is 0 Å². The average molecular weight is 460 g/mol. The summed E-state index contributed by atoms with van der Waals surface area (Å²) in [4.78, 5) is 26.9. The van der Waals surface area contributed by atoms with Crippen molar-refractivity contribution >= 4 is 28.9 Å². The molecule has 0 aromatic heterocycles. The minimum Gasteiger partial charge on any atom is -0.491 e. The zero-order valence-corrected chi connectivity index (χ0v) is 19.2. The molecule has 4 rings (SSSR count). The van der Waals surface area contributed by atoms with Gasteiger partial charge in [-0.1, -0.05) is 30.3 Å². The summed E-state index contributed by atoms with van der Waals surface area (Å²) in [5, 5.41) is 5.95. The quantitative estimate of drug-likeness (QED) is 0.490. The Morgan fingerprint density at radius 2 is 1.79 bits per heavy atom. The number of amides is 2. The molecule has 0 spiro atoms. The van der Waals surface area contributed by atoms with E-state index >= 15 is 0 Å². The van der Waals surface area contributed by atoms with E-state index in [4.69, 9.17) is 9.47 Å². The van der Waals surface area contributed by atoms with Crippen molar-refractivity contribution in [2.75, 3.05) is 42.3 Å². The number of benzene rings is 3. The van der Waals surface area contributed by atoms with Crippen molar-refractivity contribution in [3.63, 3.8) is 0 Å². The van der Waals surface area contributed by atoms with Gasteiger partial charge >= 0.3 is 0 Å². The van der Waals surface area contributed by atoms with Crippen LogP contribution in [-0.2, 0) is 9.53 Å². The van der Waals surface area contributed by atoms with Crippen LogP contribution in [0, 0.1) is 0 Å². The first-order valence-corrected chi connectivity index (χ1v) is 11.4. The Kier molecular flexibility index (Phi) is 7.78. The topological polar surface area (TPSA) is 79.9 Å². The van der Waals surface area contributed by atoms with Crippen LogP contribution in [0.4, 0.5) is 17.1 Å². The van der Waals surface area contributed by atoms with Crippen molar-refractivity contribution in [2.45, 2.75) is 18.9 Å². The summed E-state index contributed by atoms with van der Waals surface area (Å²) in [6, 6.07) is 23.9. The van der Waals surface area contributed by atoms with Gasteiger partial charge in [0, 0.05) is 42.3 Å². The predicted octanol–water partition coefficient (Wildman–Crippen LogP) is 4.57. The van der Waals surface area contributed by atoms with Gasteiger partial charge in [-0.05, 0) is 55.3 Å². The Labute approximate surface area is 199 Å². The third-order valence-corrected chi connectivity index (χ3v) is 5.59. The second-order valence-electron chi connectivity index (χ2n) is 8.16. The van der Waals surface area contributed by atoms with Crippen molar-refractivity contribution in [2.24, 2.45) is 0 Å². The van der Waals surface area contributed by atoms with Crippen molar-refractivity contribution in [1.29, 1.82) is 0 Å². The highest BCUT2D eigenvalue weighted by molar-refractivity contribution is 6.06. The first-order valence-electron chi connectivity index (χ1n) is 11.4. The molecule has 34 heavy (non-hydrogen) atoms. The molecule has 1 unspecified atom stereocenters. The van der Waals surface area contributed by atoms with Gasteiger partial charge in [0.2, 0.25) is 5.91 Å². The SMILES string of the molecule is CN(C(=O)c1cccc(NCC(=O)Nc2cccc(OCC3CCCO3)c2)c1)c1ccccc1. The van der Waals surface area contributed by atoms with Gasteiger partial charge in [-0.3, -0.25) is 9.59 Å². The van der Waals surface area contributed by atoms with Crippen LogP contribution in [-0.4, -0.2) is 44.7 Å². The summed E-state index contributed by atoms with van der Waals surface area (Å²) >= 11 is 0. The van der Waals surface area contributed by atoms with Gasteiger partial charge in [-0.15, -0.1) is 0 Å². The van der Waals surface area contributed by atoms with E-state index in [1.54, 1.807) is 36.2 Å². The van der Waals surface area contributed by atoms with Crippen LogP contribution in [0.5, 0.6) is 5.75 Å². The highest BCUT2D eigenvalue weighted by atomic mass is 16.5. The van der Waals surface area contributed by atoms with Crippen molar-refractivity contribution in [3.8, 4) is 5.75 Å². The third-order valence-electron chi connectivity index (χ3n) is 5.59. The summed E-state index contributed by atoms with van der Waals surface area (Å²) in [5.41, 5.74) is 2.70. The van der Waals surface area contributed by atoms with Gasteiger partial charge in [0.15, 0.2) is 0 Å². The lowest BCUT2D eigenvalue weighted by atomic mass is 10.1. The lowest BCUT2D eigenvalue weighted by Gasteiger charge is -2.18. The Morgan fingerprint density at radius 1 is 1.00 bits per heavy atom. The van der Waals surface area contributed by atoms with Crippen molar-refractivity contribution in [1.82, 2.24) is 0 Å². The van der Waals surface area contributed by atoms with Gasteiger partial charge in [0.1, 0.15) is 12.4 Å². The molecule has 0 aliphatic carbocycles. The fourth-order valence-corrected chi connectivity index (χ4v) is 3.74. The summed E-state index contributed by atoms with van der Waals surface area (Å²) in [6.07, 6.45) is 2.22. The molecule has 1 fully saturated rings. The fourth-order valence-electron chi connectivity index (χ4n) is 3.74. The number of hydrogen-bond donors (Lipinski definition) is 2. The summed E-state index contributed by atoms with van der Waals surface area (Å²) in [7, 11) is 1.74. The molecule has 7 heteroatoms. The molecule has 3 aromatic rings. The third kappa shape index (κ3) is 6.36. The van der Waals surface area contributed by atoms with Crippen molar-refractivity contribution in [3.05, 3.63) is 84.4 Å². The molecule has 3 aromatic carbocycles.